The lowest BCUT2D eigenvalue weighted by Crippen LogP contribution is -2.39. The number of amides is 1. The molecule has 0 radical (unpaired) electrons. The molecule has 1 aromatic rings. The molecule has 1 N–H and O–H groups in total. The molecule has 2 rings (SSSR count). The van der Waals surface area contributed by atoms with Crippen LogP contribution in [-0.2, 0) is 4.74 Å². The minimum atomic E-state index is -0.117. The number of carbonyl (C=O) groups is 1. The van der Waals surface area contributed by atoms with Crippen molar-refractivity contribution < 1.29 is 9.53 Å². The predicted octanol–water partition coefficient (Wildman–Crippen LogP) is 2.62. The van der Waals surface area contributed by atoms with Gasteiger partial charge in [0.05, 0.1) is 11.9 Å². The largest absolute Gasteiger partial charge is 0.385 e. The molecule has 22 heavy (non-hydrogen) atoms. The number of aromatic nitrogens is 1. The summed E-state index contributed by atoms with van der Waals surface area (Å²) < 4.78 is 4.96. The van der Waals surface area contributed by atoms with Gasteiger partial charge in [-0.25, -0.2) is 4.98 Å². The lowest BCUT2D eigenvalue weighted by molar-refractivity contribution is 0.0943. The van der Waals surface area contributed by atoms with E-state index in [9.17, 15) is 4.79 Å². The van der Waals surface area contributed by atoms with Crippen LogP contribution in [0.25, 0.3) is 0 Å². The molecule has 5 heteroatoms. The van der Waals surface area contributed by atoms with Crippen LogP contribution in [-0.4, -0.2) is 43.7 Å². The minimum absolute atomic E-state index is 0.117. The molecule has 122 valence electrons. The van der Waals surface area contributed by atoms with Gasteiger partial charge >= 0.3 is 0 Å². The summed E-state index contributed by atoms with van der Waals surface area (Å²) in [7, 11) is 1.66. The fraction of sp³-hybridized carbons (Fsp3) is 0.647. The average Bonchev–Trinajstić information content (AvgIpc) is 2.58. The van der Waals surface area contributed by atoms with E-state index in [4.69, 9.17) is 4.74 Å². The summed E-state index contributed by atoms with van der Waals surface area (Å²) in [4.78, 5) is 18.8. The molecule has 1 fully saturated rings. The van der Waals surface area contributed by atoms with Crippen molar-refractivity contribution in [1.29, 1.82) is 0 Å². The lowest BCUT2D eigenvalue weighted by atomic mass is 9.99. The molecule has 1 aliphatic heterocycles. The minimum Gasteiger partial charge on any atom is -0.385 e. The Morgan fingerprint density at radius 1 is 1.45 bits per heavy atom. The fourth-order valence-corrected chi connectivity index (χ4v) is 2.96. The molecule has 1 saturated heterocycles. The number of nitrogens with zero attached hydrogens (tertiary/aromatic N) is 2. The molecule has 0 spiro atoms. The number of piperidine rings is 1. The number of nitrogens with one attached hydrogen (secondary N) is 1. The number of pyridine rings is 1. The topological polar surface area (TPSA) is 54.5 Å². The normalized spacial score (nSPS) is 18.3. The molecular weight excluding hydrogens is 278 g/mol. The molecular formula is C17H27N3O2. The SMILES string of the molecule is CCC1CCCCN1c1ccc(C(=O)NCCCOC)nc1. The van der Waals surface area contributed by atoms with Crippen LogP contribution >= 0.6 is 0 Å². The number of methoxy groups -OCH3 is 1. The van der Waals surface area contributed by atoms with E-state index in [1.54, 1.807) is 7.11 Å². The van der Waals surface area contributed by atoms with Gasteiger partial charge in [-0.15, -0.1) is 0 Å². The van der Waals surface area contributed by atoms with Gasteiger partial charge in [-0.3, -0.25) is 4.79 Å². The first kappa shape index (κ1) is 16.7. The third-order valence-corrected chi connectivity index (χ3v) is 4.22. The van der Waals surface area contributed by atoms with Crippen molar-refractivity contribution in [1.82, 2.24) is 10.3 Å². The van der Waals surface area contributed by atoms with Gasteiger partial charge in [0.15, 0.2) is 0 Å². The Balaban J connectivity index is 1.93. The first-order chi connectivity index (χ1) is 10.8. The van der Waals surface area contributed by atoms with Crippen LogP contribution in [0.3, 0.4) is 0 Å². The van der Waals surface area contributed by atoms with E-state index in [-0.39, 0.29) is 5.91 Å². The van der Waals surface area contributed by atoms with Crippen molar-refractivity contribution >= 4 is 11.6 Å². The second kappa shape index (κ2) is 8.73. The highest BCUT2D eigenvalue weighted by Crippen LogP contribution is 2.25. The van der Waals surface area contributed by atoms with Crippen molar-refractivity contribution in [3.8, 4) is 0 Å². The average molecular weight is 305 g/mol. The summed E-state index contributed by atoms with van der Waals surface area (Å²) in [6.45, 7) is 4.58. The maximum absolute atomic E-state index is 12.0. The van der Waals surface area contributed by atoms with E-state index in [0.29, 0.717) is 24.9 Å². The van der Waals surface area contributed by atoms with Gasteiger partial charge in [-0.05, 0) is 44.2 Å². The zero-order valence-corrected chi connectivity index (χ0v) is 13.7. The number of rotatable bonds is 7. The highest BCUT2D eigenvalue weighted by Gasteiger charge is 2.21. The van der Waals surface area contributed by atoms with Crippen LogP contribution < -0.4 is 10.2 Å². The highest BCUT2D eigenvalue weighted by atomic mass is 16.5. The van der Waals surface area contributed by atoms with Gasteiger partial charge < -0.3 is 15.0 Å². The van der Waals surface area contributed by atoms with Crippen molar-refractivity contribution in [2.24, 2.45) is 0 Å². The van der Waals surface area contributed by atoms with E-state index >= 15 is 0 Å². The first-order valence-corrected chi connectivity index (χ1v) is 8.26. The molecule has 0 aromatic carbocycles. The van der Waals surface area contributed by atoms with Crippen LogP contribution in [0.5, 0.6) is 0 Å². The smallest absolute Gasteiger partial charge is 0.269 e. The Kier molecular flexibility index (Phi) is 6.65. The number of hydrogen-bond acceptors (Lipinski definition) is 4. The fourth-order valence-electron chi connectivity index (χ4n) is 2.96. The maximum atomic E-state index is 12.0. The molecule has 0 bridgehead atoms. The Morgan fingerprint density at radius 2 is 2.32 bits per heavy atom. The lowest BCUT2D eigenvalue weighted by Gasteiger charge is -2.37. The third-order valence-electron chi connectivity index (χ3n) is 4.22. The van der Waals surface area contributed by atoms with Gasteiger partial charge in [-0.1, -0.05) is 6.92 Å². The van der Waals surface area contributed by atoms with E-state index in [1.165, 1.54) is 19.3 Å². The van der Waals surface area contributed by atoms with E-state index in [1.807, 2.05) is 18.3 Å². The van der Waals surface area contributed by atoms with Gasteiger partial charge in [0, 0.05) is 32.8 Å². The summed E-state index contributed by atoms with van der Waals surface area (Å²) in [6, 6.07) is 4.44. The summed E-state index contributed by atoms with van der Waals surface area (Å²) in [5.74, 6) is -0.117. The zero-order valence-electron chi connectivity index (χ0n) is 13.7. The van der Waals surface area contributed by atoms with E-state index in [2.05, 4.69) is 22.1 Å². The van der Waals surface area contributed by atoms with Gasteiger partial charge in [-0.2, -0.15) is 0 Å². The summed E-state index contributed by atoms with van der Waals surface area (Å²) in [5, 5.41) is 2.86. The van der Waals surface area contributed by atoms with Gasteiger partial charge in [0.1, 0.15) is 5.69 Å². The van der Waals surface area contributed by atoms with Crippen molar-refractivity contribution in [3.63, 3.8) is 0 Å². The number of anilines is 1. The van der Waals surface area contributed by atoms with E-state index < -0.39 is 0 Å². The molecule has 0 saturated carbocycles. The quantitative estimate of drug-likeness (QED) is 0.787. The van der Waals surface area contributed by atoms with Crippen LogP contribution in [0.1, 0.15) is 49.5 Å². The number of carbonyl (C=O) groups excluding carboxylic acids is 1. The monoisotopic (exact) mass is 305 g/mol. The van der Waals surface area contributed by atoms with Crippen molar-refractivity contribution in [3.05, 3.63) is 24.0 Å². The van der Waals surface area contributed by atoms with Gasteiger partial charge in [0.25, 0.3) is 5.91 Å². The van der Waals surface area contributed by atoms with Crippen molar-refractivity contribution in [2.45, 2.75) is 45.1 Å². The van der Waals surface area contributed by atoms with Gasteiger partial charge in [0.2, 0.25) is 0 Å². The molecule has 0 aliphatic carbocycles. The second-order valence-corrected chi connectivity index (χ2v) is 5.76. The molecule has 1 aromatic heterocycles. The molecule has 2 heterocycles. The third kappa shape index (κ3) is 4.44. The predicted molar refractivity (Wildman–Crippen MR) is 88.3 cm³/mol. The van der Waals surface area contributed by atoms with Crippen LogP contribution in [0.15, 0.2) is 18.3 Å². The van der Waals surface area contributed by atoms with Crippen molar-refractivity contribution in [2.75, 3.05) is 31.7 Å². The van der Waals surface area contributed by atoms with E-state index in [0.717, 1.165) is 25.1 Å². The molecule has 5 nitrogen and oxygen atoms in total. The Labute approximate surface area is 133 Å². The Bertz CT molecular complexity index is 461. The Hall–Kier alpha value is -1.62. The first-order valence-electron chi connectivity index (χ1n) is 8.26. The summed E-state index contributed by atoms with van der Waals surface area (Å²) in [5.41, 5.74) is 1.61. The molecule has 1 aliphatic rings. The van der Waals surface area contributed by atoms with Crippen LogP contribution in [0.2, 0.25) is 0 Å². The summed E-state index contributed by atoms with van der Waals surface area (Å²) in [6.07, 6.45) is 7.59. The highest BCUT2D eigenvalue weighted by molar-refractivity contribution is 5.92. The molecule has 1 atom stereocenters. The standard InChI is InChI=1S/C17H27N3O2/c1-3-14-7-4-5-11-20(14)15-8-9-16(19-13-15)17(21)18-10-6-12-22-2/h8-9,13-14H,3-7,10-12H2,1-2H3,(H,18,21). The molecule has 1 amide bonds. The number of ether oxygens (including phenoxy) is 1. The number of hydrogen-bond donors (Lipinski definition) is 1. The van der Waals surface area contributed by atoms with Crippen LogP contribution in [0, 0.1) is 0 Å². The molecule has 1 unspecified atom stereocenters. The maximum Gasteiger partial charge on any atom is 0.269 e. The second-order valence-electron chi connectivity index (χ2n) is 5.76. The van der Waals surface area contributed by atoms with Crippen LogP contribution in [0.4, 0.5) is 5.69 Å². The Morgan fingerprint density at radius 3 is 3.00 bits per heavy atom. The zero-order chi connectivity index (χ0) is 15.8. The summed E-state index contributed by atoms with van der Waals surface area (Å²) >= 11 is 0.